The lowest BCUT2D eigenvalue weighted by Gasteiger charge is -2.10. The van der Waals surface area contributed by atoms with E-state index in [0.29, 0.717) is 5.41 Å². The summed E-state index contributed by atoms with van der Waals surface area (Å²) in [5, 5.41) is 3.55. The molecule has 1 fully saturated rings. The van der Waals surface area contributed by atoms with Crippen LogP contribution in [0, 0.1) is 5.41 Å². The third-order valence-corrected chi connectivity index (χ3v) is 4.80. The summed E-state index contributed by atoms with van der Waals surface area (Å²) < 4.78 is 5.40. The van der Waals surface area contributed by atoms with E-state index in [9.17, 15) is 0 Å². The zero-order valence-electron chi connectivity index (χ0n) is 8.88. The van der Waals surface area contributed by atoms with Crippen LogP contribution in [-0.4, -0.2) is 19.4 Å². The van der Waals surface area contributed by atoms with E-state index >= 15 is 0 Å². The van der Waals surface area contributed by atoms with Gasteiger partial charge in [-0.2, -0.15) is 0 Å². The standard InChI is InChI=1S/C12H15NOS/c1-14-10-4-2-3-9-11(10)15-8-12(5-6-12)7-13-9/h2-4,13H,5-8H2,1H3. The van der Waals surface area contributed by atoms with Crippen molar-refractivity contribution >= 4 is 17.4 Å². The largest absolute Gasteiger partial charge is 0.496 e. The summed E-state index contributed by atoms with van der Waals surface area (Å²) in [6.45, 7) is 1.13. The average molecular weight is 221 g/mol. The van der Waals surface area contributed by atoms with Crippen LogP contribution < -0.4 is 10.1 Å². The van der Waals surface area contributed by atoms with E-state index < -0.39 is 0 Å². The minimum Gasteiger partial charge on any atom is -0.496 e. The van der Waals surface area contributed by atoms with E-state index in [4.69, 9.17) is 4.74 Å². The zero-order valence-corrected chi connectivity index (χ0v) is 9.69. The molecule has 0 bridgehead atoms. The van der Waals surface area contributed by atoms with Gasteiger partial charge in [0.05, 0.1) is 17.7 Å². The number of hydrogen-bond donors (Lipinski definition) is 1. The summed E-state index contributed by atoms with van der Waals surface area (Å²) in [6.07, 6.45) is 2.76. The number of benzene rings is 1. The Morgan fingerprint density at radius 2 is 2.27 bits per heavy atom. The van der Waals surface area contributed by atoms with Gasteiger partial charge in [0, 0.05) is 12.3 Å². The first kappa shape index (κ1) is 9.40. The highest BCUT2D eigenvalue weighted by Gasteiger charge is 2.43. The molecule has 3 rings (SSSR count). The quantitative estimate of drug-likeness (QED) is 0.787. The smallest absolute Gasteiger partial charge is 0.134 e. The molecular weight excluding hydrogens is 206 g/mol. The van der Waals surface area contributed by atoms with Crippen molar-refractivity contribution in [1.29, 1.82) is 0 Å². The summed E-state index contributed by atoms with van der Waals surface area (Å²) in [6, 6.07) is 6.24. The zero-order chi connectivity index (χ0) is 10.3. The highest BCUT2D eigenvalue weighted by Crippen LogP contribution is 2.53. The topological polar surface area (TPSA) is 21.3 Å². The first-order valence-corrected chi connectivity index (χ1v) is 6.35. The van der Waals surface area contributed by atoms with Gasteiger partial charge in [-0.3, -0.25) is 0 Å². The molecule has 15 heavy (non-hydrogen) atoms. The van der Waals surface area contributed by atoms with Crippen LogP contribution in [0.1, 0.15) is 12.8 Å². The first-order valence-electron chi connectivity index (χ1n) is 5.37. The maximum absolute atomic E-state index is 5.40. The van der Waals surface area contributed by atoms with Crippen molar-refractivity contribution in [3.8, 4) is 5.75 Å². The number of rotatable bonds is 1. The molecule has 0 saturated heterocycles. The molecule has 1 saturated carbocycles. The summed E-state index contributed by atoms with van der Waals surface area (Å²) >= 11 is 1.94. The Labute approximate surface area is 94.4 Å². The van der Waals surface area contributed by atoms with Gasteiger partial charge >= 0.3 is 0 Å². The Bertz CT molecular complexity index is 387. The van der Waals surface area contributed by atoms with Crippen LogP contribution in [0.2, 0.25) is 0 Å². The average Bonchev–Trinajstić information content (AvgIpc) is 3.07. The van der Waals surface area contributed by atoms with E-state index in [1.54, 1.807) is 7.11 Å². The number of anilines is 1. The van der Waals surface area contributed by atoms with E-state index in [-0.39, 0.29) is 0 Å². The van der Waals surface area contributed by atoms with Crippen LogP contribution in [0.3, 0.4) is 0 Å². The predicted octanol–water partition coefficient (Wildman–Crippen LogP) is 2.99. The molecule has 1 spiro atoms. The van der Waals surface area contributed by atoms with Crippen molar-refractivity contribution in [2.75, 3.05) is 24.7 Å². The van der Waals surface area contributed by atoms with Crippen molar-refractivity contribution in [2.24, 2.45) is 5.41 Å². The summed E-state index contributed by atoms with van der Waals surface area (Å²) in [5.74, 6) is 2.23. The molecule has 0 amide bonds. The molecule has 80 valence electrons. The molecule has 1 N–H and O–H groups in total. The van der Waals surface area contributed by atoms with Crippen molar-refractivity contribution in [3.63, 3.8) is 0 Å². The van der Waals surface area contributed by atoms with Crippen LogP contribution in [-0.2, 0) is 0 Å². The molecule has 0 aromatic heterocycles. The Hall–Kier alpha value is -0.830. The molecule has 0 atom stereocenters. The number of nitrogens with one attached hydrogen (secondary N) is 1. The van der Waals surface area contributed by atoms with E-state index in [2.05, 4.69) is 17.4 Å². The van der Waals surface area contributed by atoms with Crippen molar-refractivity contribution < 1.29 is 4.74 Å². The number of hydrogen-bond acceptors (Lipinski definition) is 3. The fourth-order valence-electron chi connectivity index (χ4n) is 2.02. The Balaban J connectivity index is 1.95. The highest BCUT2D eigenvalue weighted by molar-refractivity contribution is 7.99. The fraction of sp³-hybridized carbons (Fsp3) is 0.500. The van der Waals surface area contributed by atoms with Gasteiger partial charge in [-0.15, -0.1) is 11.8 Å². The van der Waals surface area contributed by atoms with Crippen molar-refractivity contribution in [2.45, 2.75) is 17.7 Å². The highest BCUT2D eigenvalue weighted by atomic mass is 32.2. The maximum Gasteiger partial charge on any atom is 0.134 e. The van der Waals surface area contributed by atoms with Crippen LogP contribution in [0.25, 0.3) is 0 Å². The maximum atomic E-state index is 5.40. The number of methoxy groups -OCH3 is 1. The first-order chi connectivity index (χ1) is 7.33. The van der Waals surface area contributed by atoms with Crippen LogP contribution in [0.15, 0.2) is 23.1 Å². The van der Waals surface area contributed by atoms with Crippen molar-refractivity contribution in [1.82, 2.24) is 0 Å². The second kappa shape index (κ2) is 3.34. The number of fused-ring (bicyclic) bond motifs is 1. The van der Waals surface area contributed by atoms with Gasteiger partial charge in [0.2, 0.25) is 0 Å². The summed E-state index contributed by atoms with van der Waals surface area (Å²) in [5.41, 5.74) is 1.82. The van der Waals surface area contributed by atoms with Gasteiger partial charge < -0.3 is 10.1 Å². The van der Waals surface area contributed by atoms with Crippen LogP contribution in [0.5, 0.6) is 5.75 Å². The Morgan fingerprint density at radius 3 is 3.00 bits per heavy atom. The lowest BCUT2D eigenvalue weighted by Crippen LogP contribution is -2.15. The molecule has 1 aliphatic heterocycles. The second-order valence-corrected chi connectivity index (χ2v) is 5.46. The molecule has 1 heterocycles. The molecule has 2 nitrogen and oxygen atoms in total. The summed E-state index contributed by atoms with van der Waals surface area (Å²) in [7, 11) is 1.74. The normalized spacial score (nSPS) is 21.4. The molecule has 1 aromatic carbocycles. The van der Waals surface area contributed by atoms with Crippen LogP contribution in [0.4, 0.5) is 5.69 Å². The third-order valence-electron chi connectivity index (χ3n) is 3.33. The Morgan fingerprint density at radius 1 is 1.40 bits per heavy atom. The number of ether oxygens (including phenoxy) is 1. The molecule has 0 radical (unpaired) electrons. The van der Waals surface area contributed by atoms with E-state index in [0.717, 1.165) is 12.3 Å². The Kier molecular flexibility index (Phi) is 2.09. The van der Waals surface area contributed by atoms with Crippen molar-refractivity contribution in [3.05, 3.63) is 18.2 Å². The lowest BCUT2D eigenvalue weighted by atomic mass is 10.1. The molecule has 1 aromatic rings. The molecule has 0 unspecified atom stereocenters. The number of thioether (sulfide) groups is 1. The van der Waals surface area contributed by atoms with Gasteiger partial charge in [-0.05, 0) is 30.4 Å². The van der Waals surface area contributed by atoms with E-state index in [1.807, 2.05) is 17.8 Å². The molecular formula is C12H15NOS. The van der Waals surface area contributed by atoms with Gasteiger partial charge in [0.1, 0.15) is 5.75 Å². The van der Waals surface area contributed by atoms with Gasteiger partial charge in [0.25, 0.3) is 0 Å². The molecule has 3 heteroatoms. The monoisotopic (exact) mass is 221 g/mol. The van der Waals surface area contributed by atoms with Gasteiger partial charge in [-0.25, -0.2) is 0 Å². The second-order valence-electron chi connectivity index (χ2n) is 4.48. The third kappa shape index (κ3) is 1.59. The van der Waals surface area contributed by atoms with Crippen LogP contribution >= 0.6 is 11.8 Å². The molecule has 1 aliphatic carbocycles. The minimum atomic E-state index is 0.578. The molecule has 2 aliphatic rings. The van der Waals surface area contributed by atoms with Gasteiger partial charge in [0.15, 0.2) is 0 Å². The van der Waals surface area contributed by atoms with E-state index in [1.165, 1.54) is 29.2 Å². The SMILES string of the molecule is COc1cccc2c1SCC1(CC1)CN2. The predicted molar refractivity (Wildman–Crippen MR) is 63.9 cm³/mol. The fourth-order valence-corrected chi connectivity index (χ4v) is 3.45. The lowest BCUT2D eigenvalue weighted by molar-refractivity contribution is 0.405. The van der Waals surface area contributed by atoms with Gasteiger partial charge in [-0.1, -0.05) is 6.07 Å². The minimum absolute atomic E-state index is 0.578. The summed E-state index contributed by atoms with van der Waals surface area (Å²) in [4.78, 5) is 1.28.